The number of phenolic OH excluding ortho intramolecular Hbond substituents is 1. The zero-order chi connectivity index (χ0) is 32.8. The highest BCUT2D eigenvalue weighted by molar-refractivity contribution is 5.95. The van der Waals surface area contributed by atoms with Gasteiger partial charge in [0.15, 0.2) is 5.76 Å². The summed E-state index contributed by atoms with van der Waals surface area (Å²) in [5.74, 6) is -2.62. The fraction of sp³-hybridized carbons (Fsp3) is 0.258. The number of amides is 1. The molecule has 0 aliphatic carbocycles. The highest BCUT2D eigenvalue weighted by atomic mass is 19.4. The Morgan fingerprint density at radius 3 is 2.09 bits per heavy atom. The molecule has 0 saturated carbocycles. The number of phenols is 1. The van der Waals surface area contributed by atoms with Crippen LogP contribution >= 0.6 is 0 Å². The average molecular weight is 636 g/mol. The average Bonchev–Trinajstić information content (AvgIpc) is 3.69. The Morgan fingerprint density at radius 2 is 1.53 bits per heavy atom. The molecule has 1 amide bonds. The number of hydrogen-bond donors (Lipinski definition) is 3. The highest BCUT2D eigenvalue weighted by Crippen LogP contribution is 2.36. The minimum Gasteiger partial charge on any atom is -0.508 e. The number of carboxylic acid groups (broad SMARTS) is 1. The van der Waals surface area contributed by atoms with Gasteiger partial charge in [-0.25, -0.2) is 4.79 Å². The Hall–Kier alpha value is -4.85. The molecule has 2 aromatic heterocycles. The third-order valence-electron chi connectivity index (χ3n) is 6.96. The third-order valence-corrected chi connectivity index (χ3v) is 6.96. The van der Waals surface area contributed by atoms with Crippen molar-refractivity contribution in [3.05, 3.63) is 96.0 Å². The number of pyridine rings is 1. The van der Waals surface area contributed by atoms with E-state index in [0.717, 1.165) is 43.6 Å². The molecule has 4 aromatic rings. The van der Waals surface area contributed by atoms with Gasteiger partial charge in [-0.1, -0.05) is 24.3 Å². The Morgan fingerprint density at radius 1 is 0.911 bits per heavy atom. The van der Waals surface area contributed by atoms with Crippen molar-refractivity contribution in [1.82, 2.24) is 15.2 Å². The molecule has 1 fully saturated rings. The van der Waals surface area contributed by atoms with Gasteiger partial charge in [-0.05, 0) is 79.5 Å². The fourth-order valence-electron chi connectivity index (χ4n) is 4.79. The zero-order valence-corrected chi connectivity index (χ0v) is 23.4. The molecule has 1 saturated heterocycles. The van der Waals surface area contributed by atoms with Crippen LogP contribution in [0.2, 0.25) is 0 Å². The van der Waals surface area contributed by atoms with Crippen LogP contribution in [0.3, 0.4) is 0 Å². The standard InChI is InChI=1S/C29H26F3N3O3.C2HF3O2/c30-29(31,32)22-8-6-20(7-9-22)25(35-14-1-2-15-35)18-34-28(37)26-17-24(19-10-12-33-13-11-19)27(38-26)21-4-3-5-23(36)16-21;3-2(4,5)1(6)7/h3-13,16-17,25,36H,1-2,14-15,18H2,(H,34,37);(H,6,7). The number of aliphatic carboxylic acids is 1. The van der Waals surface area contributed by atoms with Gasteiger partial charge >= 0.3 is 18.3 Å². The number of aromatic nitrogens is 1. The predicted octanol–water partition coefficient (Wildman–Crippen LogP) is 6.93. The van der Waals surface area contributed by atoms with Crippen molar-refractivity contribution >= 4 is 11.9 Å². The molecular formula is C31H27F6N3O5. The summed E-state index contributed by atoms with van der Waals surface area (Å²) in [6.07, 6.45) is -4.23. The van der Waals surface area contributed by atoms with Crippen LogP contribution in [-0.2, 0) is 11.0 Å². The van der Waals surface area contributed by atoms with E-state index < -0.39 is 29.8 Å². The maximum atomic E-state index is 13.2. The zero-order valence-electron chi connectivity index (χ0n) is 23.4. The van der Waals surface area contributed by atoms with E-state index in [2.05, 4.69) is 15.2 Å². The molecule has 14 heteroatoms. The van der Waals surface area contributed by atoms with E-state index in [1.165, 1.54) is 12.1 Å². The molecular weight excluding hydrogens is 608 g/mol. The lowest BCUT2D eigenvalue weighted by Crippen LogP contribution is -2.36. The van der Waals surface area contributed by atoms with Gasteiger partial charge in [-0.3, -0.25) is 14.7 Å². The van der Waals surface area contributed by atoms with Crippen molar-refractivity contribution in [2.45, 2.75) is 31.2 Å². The van der Waals surface area contributed by atoms with Crippen LogP contribution in [0.15, 0.2) is 83.5 Å². The van der Waals surface area contributed by atoms with Crippen LogP contribution < -0.4 is 5.32 Å². The SMILES string of the molecule is O=C(NCC(c1ccc(C(F)(F)F)cc1)N1CCCC1)c1cc(-c2ccncc2)c(-c2cccc(O)c2)o1.O=C(O)C(F)(F)F. The summed E-state index contributed by atoms with van der Waals surface area (Å²) in [6, 6.07) is 16.7. The molecule has 0 spiro atoms. The summed E-state index contributed by atoms with van der Waals surface area (Å²) < 4.78 is 77.0. The maximum absolute atomic E-state index is 13.2. The Bertz CT molecular complexity index is 1600. The second-order valence-electron chi connectivity index (χ2n) is 10.0. The minimum absolute atomic E-state index is 0.0653. The van der Waals surface area contributed by atoms with E-state index in [9.17, 15) is 36.2 Å². The Kier molecular flexibility index (Phi) is 10.2. The molecule has 0 bridgehead atoms. The first-order valence-electron chi connectivity index (χ1n) is 13.6. The molecule has 1 unspecified atom stereocenters. The monoisotopic (exact) mass is 635 g/mol. The largest absolute Gasteiger partial charge is 0.508 e. The molecule has 3 heterocycles. The second kappa shape index (κ2) is 13.8. The number of aromatic hydroxyl groups is 1. The number of nitrogens with zero attached hydrogens (tertiary/aromatic N) is 2. The summed E-state index contributed by atoms with van der Waals surface area (Å²) in [5, 5.41) is 20.0. The van der Waals surface area contributed by atoms with Crippen molar-refractivity contribution in [1.29, 1.82) is 0 Å². The smallest absolute Gasteiger partial charge is 0.490 e. The number of nitrogens with one attached hydrogen (secondary N) is 1. The van der Waals surface area contributed by atoms with Gasteiger partial charge < -0.3 is 19.9 Å². The Labute approximate surface area is 252 Å². The molecule has 5 rings (SSSR count). The van der Waals surface area contributed by atoms with E-state index in [1.807, 2.05) is 0 Å². The van der Waals surface area contributed by atoms with E-state index in [1.54, 1.807) is 54.9 Å². The first-order valence-corrected chi connectivity index (χ1v) is 13.6. The van der Waals surface area contributed by atoms with Gasteiger partial charge in [-0.15, -0.1) is 0 Å². The van der Waals surface area contributed by atoms with Gasteiger partial charge in [0.2, 0.25) is 0 Å². The number of carboxylic acids is 1. The van der Waals surface area contributed by atoms with E-state index >= 15 is 0 Å². The van der Waals surface area contributed by atoms with Crippen LogP contribution in [0.25, 0.3) is 22.5 Å². The van der Waals surface area contributed by atoms with Crippen molar-refractivity contribution in [3.63, 3.8) is 0 Å². The molecule has 0 radical (unpaired) electrons. The molecule has 8 nitrogen and oxygen atoms in total. The van der Waals surface area contributed by atoms with Crippen LogP contribution in [0.5, 0.6) is 5.75 Å². The first kappa shape index (κ1) is 33.1. The van der Waals surface area contributed by atoms with E-state index in [4.69, 9.17) is 14.3 Å². The fourth-order valence-corrected chi connectivity index (χ4v) is 4.79. The molecule has 45 heavy (non-hydrogen) atoms. The first-order chi connectivity index (χ1) is 21.2. The maximum Gasteiger partial charge on any atom is 0.490 e. The number of halogens is 6. The van der Waals surface area contributed by atoms with E-state index in [-0.39, 0.29) is 24.1 Å². The van der Waals surface area contributed by atoms with E-state index in [0.29, 0.717) is 22.5 Å². The highest BCUT2D eigenvalue weighted by Gasteiger charge is 2.38. The summed E-state index contributed by atoms with van der Waals surface area (Å²) in [4.78, 5) is 28.4. The second-order valence-corrected chi connectivity index (χ2v) is 10.0. The molecule has 1 atom stereocenters. The lowest BCUT2D eigenvalue weighted by atomic mass is 10.0. The number of rotatable bonds is 7. The van der Waals surface area contributed by atoms with Crippen molar-refractivity contribution in [2.75, 3.05) is 19.6 Å². The quantitative estimate of drug-likeness (QED) is 0.189. The summed E-state index contributed by atoms with van der Waals surface area (Å²) in [6.45, 7) is 1.81. The van der Waals surface area contributed by atoms with Gasteiger partial charge in [-0.2, -0.15) is 26.3 Å². The molecule has 238 valence electrons. The van der Waals surface area contributed by atoms with Gasteiger partial charge in [0.1, 0.15) is 11.5 Å². The van der Waals surface area contributed by atoms with Crippen molar-refractivity contribution < 1.29 is 50.6 Å². The number of benzene rings is 2. The lowest BCUT2D eigenvalue weighted by Gasteiger charge is -2.28. The summed E-state index contributed by atoms with van der Waals surface area (Å²) >= 11 is 0. The summed E-state index contributed by atoms with van der Waals surface area (Å²) in [7, 11) is 0. The van der Waals surface area contributed by atoms with Crippen LogP contribution in [-0.4, -0.2) is 57.8 Å². The van der Waals surface area contributed by atoms with Crippen molar-refractivity contribution in [3.8, 4) is 28.2 Å². The third kappa shape index (κ3) is 8.62. The number of alkyl halides is 6. The van der Waals surface area contributed by atoms with Gasteiger partial charge in [0, 0.05) is 30.1 Å². The number of carbonyl (C=O) groups is 2. The van der Waals surface area contributed by atoms with Crippen LogP contribution in [0, 0.1) is 0 Å². The van der Waals surface area contributed by atoms with Crippen LogP contribution in [0.1, 0.15) is 40.6 Å². The molecule has 3 N–H and O–H groups in total. The number of likely N-dealkylation sites (tertiary alicyclic amines) is 1. The van der Waals surface area contributed by atoms with Crippen molar-refractivity contribution in [2.24, 2.45) is 0 Å². The molecule has 1 aliphatic heterocycles. The van der Waals surface area contributed by atoms with Gasteiger partial charge in [0.25, 0.3) is 5.91 Å². The molecule has 1 aliphatic rings. The predicted molar refractivity (Wildman–Crippen MR) is 150 cm³/mol. The lowest BCUT2D eigenvalue weighted by molar-refractivity contribution is -0.192. The molecule has 2 aromatic carbocycles. The summed E-state index contributed by atoms with van der Waals surface area (Å²) in [5.41, 5.74) is 2.07. The normalized spacial score (nSPS) is 14.4. The minimum atomic E-state index is -5.08. The van der Waals surface area contributed by atoms with Crippen LogP contribution in [0.4, 0.5) is 26.3 Å². The van der Waals surface area contributed by atoms with Gasteiger partial charge in [0.05, 0.1) is 11.6 Å². The Balaban J connectivity index is 0.000000591. The topological polar surface area (TPSA) is 116 Å². The number of carbonyl (C=O) groups excluding carboxylic acids is 1. The number of hydrogen-bond acceptors (Lipinski definition) is 6. The number of furan rings is 1.